The SMILES string of the molecule is C/C=C/C=C/CCC(=O)NNC(N)=O. The molecule has 0 aromatic rings. The second-order valence-corrected chi connectivity index (χ2v) is 2.53. The minimum atomic E-state index is -0.775. The van der Waals surface area contributed by atoms with E-state index in [1.54, 1.807) is 0 Å². The zero-order valence-corrected chi connectivity index (χ0v) is 8.12. The number of urea groups is 1. The molecule has 0 spiro atoms. The summed E-state index contributed by atoms with van der Waals surface area (Å²) in [7, 11) is 0. The smallest absolute Gasteiger partial charge is 0.330 e. The van der Waals surface area contributed by atoms with Gasteiger partial charge in [0.05, 0.1) is 0 Å². The number of nitrogens with one attached hydrogen (secondary N) is 2. The number of nitrogens with two attached hydrogens (primary N) is 1. The first-order valence-corrected chi connectivity index (χ1v) is 4.29. The van der Waals surface area contributed by atoms with Crippen LogP contribution in [0.15, 0.2) is 24.3 Å². The van der Waals surface area contributed by atoms with E-state index in [0.29, 0.717) is 12.8 Å². The maximum Gasteiger partial charge on any atom is 0.330 e. The molecule has 0 saturated carbocycles. The largest absolute Gasteiger partial charge is 0.350 e. The fraction of sp³-hybridized carbons (Fsp3) is 0.333. The minimum Gasteiger partial charge on any atom is -0.350 e. The molecule has 0 aromatic heterocycles. The molecule has 14 heavy (non-hydrogen) atoms. The number of hydrogen-bond acceptors (Lipinski definition) is 2. The maximum absolute atomic E-state index is 10.9. The summed E-state index contributed by atoms with van der Waals surface area (Å²) < 4.78 is 0. The molecule has 0 radical (unpaired) electrons. The number of carbonyl (C=O) groups excluding carboxylic acids is 2. The maximum atomic E-state index is 10.9. The summed E-state index contributed by atoms with van der Waals surface area (Å²) in [6.45, 7) is 1.91. The second kappa shape index (κ2) is 7.85. The lowest BCUT2D eigenvalue weighted by molar-refractivity contribution is -0.121. The van der Waals surface area contributed by atoms with E-state index in [-0.39, 0.29) is 5.91 Å². The van der Waals surface area contributed by atoms with Crippen molar-refractivity contribution in [2.45, 2.75) is 19.8 Å². The summed E-state index contributed by atoms with van der Waals surface area (Å²) in [6, 6.07) is -0.775. The zero-order chi connectivity index (χ0) is 10.8. The third kappa shape index (κ3) is 8.32. The highest BCUT2D eigenvalue weighted by atomic mass is 16.2. The van der Waals surface area contributed by atoms with Gasteiger partial charge >= 0.3 is 6.03 Å². The van der Waals surface area contributed by atoms with Crippen molar-refractivity contribution in [3.8, 4) is 0 Å². The Labute approximate surface area is 83.0 Å². The van der Waals surface area contributed by atoms with E-state index in [2.05, 4.69) is 5.43 Å². The van der Waals surface area contributed by atoms with Gasteiger partial charge in [-0.05, 0) is 13.3 Å². The number of allylic oxidation sites excluding steroid dienone is 4. The number of amides is 3. The summed E-state index contributed by atoms with van der Waals surface area (Å²) >= 11 is 0. The van der Waals surface area contributed by atoms with Gasteiger partial charge in [-0.1, -0.05) is 24.3 Å². The van der Waals surface area contributed by atoms with Gasteiger partial charge in [-0.25, -0.2) is 10.2 Å². The molecule has 0 bridgehead atoms. The van der Waals surface area contributed by atoms with Crippen molar-refractivity contribution in [1.29, 1.82) is 0 Å². The van der Waals surface area contributed by atoms with E-state index in [1.165, 1.54) is 0 Å². The van der Waals surface area contributed by atoms with Gasteiger partial charge < -0.3 is 5.73 Å². The Kier molecular flexibility index (Phi) is 6.85. The number of hydrazine groups is 1. The molecule has 0 atom stereocenters. The van der Waals surface area contributed by atoms with E-state index >= 15 is 0 Å². The predicted molar refractivity (Wildman–Crippen MR) is 54.0 cm³/mol. The van der Waals surface area contributed by atoms with E-state index in [1.807, 2.05) is 36.7 Å². The molecule has 0 aliphatic rings. The lowest BCUT2D eigenvalue weighted by atomic mass is 10.3. The van der Waals surface area contributed by atoms with Crippen LogP contribution in [0, 0.1) is 0 Å². The quantitative estimate of drug-likeness (QED) is 0.455. The summed E-state index contributed by atoms with van der Waals surface area (Å²) in [4.78, 5) is 21.1. The fourth-order valence-corrected chi connectivity index (χ4v) is 0.694. The monoisotopic (exact) mass is 197 g/mol. The van der Waals surface area contributed by atoms with Crippen LogP contribution in [-0.2, 0) is 4.79 Å². The van der Waals surface area contributed by atoms with Crippen LogP contribution in [0.5, 0.6) is 0 Å². The van der Waals surface area contributed by atoms with Crippen molar-refractivity contribution in [3.63, 3.8) is 0 Å². The van der Waals surface area contributed by atoms with Crippen molar-refractivity contribution in [2.24, 2.45) is 5.73 Å². The number of rotatable bonds is 4. The molecule has 0 aliphatic heterocycles. The van der Waals surface area contributed by atoms with Gasteiger partial charge in [-0.2, -0.15) is 0 Å². The van der Waals surface area contributed by atoms with Gasteiger partial charge in [-0.3, -0.25) is 10.2 Å². The van der Waals surface area contributed by atoms with Crippen LogP contribution >= 0.6 is 0 Å². The molecule has 0 fully saturated rings. The van der Waals surface area contributed by atoms with E-state index in [4.69, 9.17) is 5.73 Å². The van der Waals surface area contributed by atoms with Gasteiger partial charge in [0.1, 0.15) is 0 Å². The third-order valence-corrected chi connectivity index (χ3v) is 1.30. The Bertz CT molecular complexity index is 246. The van der Waals surface area contributed by atoms with Crippen LogP contribution in [-0.4, -0.2) is 11.9 Å². The second-order valence-electron chi connectivity index (χ2n) is 2.53. The Morgan fingerprint density at radius 1 is 1.29 bits per heavy atom. The summed E-state index contributed by atoms with van der Waals surface area (Å²) in [5, 5.41) is 0. The fourth-order valence-electron chi connectivity index (χ4n) is 0.694. The van der Waals surface area contributed by atoms with Gasteiger partial charge in [0.15, 0.2) is 0 Å². The molecular weight excluding hydrogens is 182 g/mol. The molecule has 0 heterocycles. The molecular formula is C9H15N3O2. The average Bonchev–Trinajstić information content (AvgIpc) is 2.14. The van der Waals surface area contributed by atoms with E-state index < -0.39 is 6.03 Å². The summed E-state index contributed by atoms with van der Waals surface area (Å²) in [6.07, 6.45) is 8.42. The third-order valence-electron chi connectivity index (χ3n) is 1.30. The predicted octanol–water partition coefficient (Wildman–Crippen LogP) is 0.598. The van der Waals surface area contributed by atoms with E-state index in [0.717, 1.165) is 0 Å². The first-order valence-electron chi connectivity index (χ1n) is 4.29. The normalized spacial score (nSPS) is 10.6. The number of primary amides is 1. The molecule has 5 nitrogen and oxygen atoms in total. The molecule has 0 saturated heterocycles. The Morgan fingerprint density at radius 2 is 2.00 bits per heavy atom. The minimum absolute atomic E-state index is 0.270. The molecule has 5 heteroatoms. The molecule has 0 aliphatic carbocycles. The topological polar surface area (TPSA) is 84.2 Å². The first kappa shape index (κ1) is 12.2. The lowest BCUT2D eigenvalue weighted by Crippen LogP contribution is -2.44. The van der Waals surface area contributed by atoms with Crippen molar-refractivity contribution in [1.82, 2.24) is 10.9 Å². The first-order chi connectivity index (χ1) is 6.66. The molecule has 4 N–H and O–H groups in total. The highest BCUT2D eigenvalue weighted by molar-refractivity contribution is 5.80. The molecule has 78 valence electrons. The lowest BCUT2D eigenvalue weighted by Gasteiger charge is -2.02. The van der Waals surface area contributed by atoms with Crippen LogP contribution in [0.2, 0.25) is 0 Å². The molecule has 0 rings (SSSR count). The van der Waals surface area contributed by atoms with E-state index in [9.17, 15) is 9.59 Å². The molecule has 0 unspecified atom stereocenters. The van der Waals surface area contributed by atoms with Gasteiger partial charge in [0, 0.05) is 6.42 Å². The molecule has 0 aromatic carbocycles. The van der Waals surface area contributed by atoms with Gasteiger partial charge in [0.2, 0.25) is 5.91 Å². The van der Waals surface area contributed by atoms with Crippen molar-refractivity contribution < 1.29 is 9.59 Å². The number of carbonyl (C=O) groups is 2. The molecule has 3 amide bonds. The standard InChI is InChI=1S/C9H15N3O2/c1-2-3-4-5-6-7-8(13)11-12-9(10)14/h2-5H,6-7H2,1H3,(H,11,13)(H3,10,12,14)/b3-2+,5-4+. The van der Waals surface area contributed by atoms with Crippen molar-refractivity contribution >= 4 is 11.9 Å². The Morgan fingerprint density at radius 3 is 2.57 bits per heavy atom. The van der Waals surface area contributed by atoms with Crippen molar-refractivity contribution in [3.05, 3.63) is 24.3 Å². The van der Waals surface area contributed by atoms with Crippen LogP contribution in [0.4, 0.5) is 4.79 Å². The number of hydrogen-bond donors (Lipinski definition) is 3. The van der Waals surface area contributed by atoms with Gasteiger partial charge in [0.25, 0.3) is 0 Å². The van der Waals surface area contributed by atoms with Crippen LogP contribution < -0.4 is 16.6 Å². The van der Waals surface area contributed by atoms with Gasteiger partial charge in [-0.15, -0.1) is 0 Å². The van der Waals surface area contributed by atoms with Crippen LogP contribution in [0.1, 0.15) is 19.8 Å². The summed E-state index contributed by atoms with van der Waals surface area (Å²) in [5.41, 5.74) is 8.90. The highest BCUT2D eigenvalue weighted by Gasteiger charge is 1.98. The Hall–Kier alpha value is -1.78. The van der Waals surface area contributed by atoms with Crippen molar-refractivity contribution in [2.75, 3.05) is 0 Å². The van der Waals surface area contributed by atoms with Crippen LogP contribution in [0.25, 0.3) is 0 Å². The zero-order valence-electron chi connectivity index (χ0n) is 8.12. The Balaban J connectivity index is 3.49. The van der Waals surface area contributed by atoms with Crippen LogP contribution in [0.3, 0.4) is 0 Å². The average molecular weight is 197 g/mol. The summed E-state index contributed by atoms with van der Waals surface area (Å²) in [5.74, 6) is -0.270. The highest BCUT2D eigenvalue weighted by Crippen LogP contribution is 1.90.